The zero-order valence-corrected chi connectivity index (χ0v) is 10.5. The molecule has 0 amide bonds. The van der Waals surface area contributed by atoms with E-state index in [4.69, 9.17) is 10.8 Å². The number of alkyl halides is 3. The van der Waals surface area contributed by atoms with Crippen LogP contribution in [0.1, 0.15) is 24.5 Å². The zero-order valence-electron chi connectivity index (χ0n) is 10.5. The van der Waals surface area contributed by atoms with Crippen LogP contribution in [0.5, 0.6) is 11.5 Å². The topological polar surface area (TPSA) is 104 Å². The van der Waals surface area contributed by atoms with E-state index in [2.05, 4.69) is 0 Å². The van der Waals surface area contributed by atoms with Crippen molar-refractivity contribution in [1.82, 2.24) is 0 Å². The van der Waals surface area contributed by atoms with Crippen LogP contribution in [-0.4, -0.2) is 26.8 Å². The molecule has 0 bridgehead atoms. The fourth-order valence-electron chi connectivity index (χ4n) is 1.68. The van der Waals surface area contributed by atoms with E-state index < -0.39 is 41.2 Å². The number of aliphatic carboxylic acids is 1. The molecule has 0 fully saturated rings. The first-order chi connectivity index (χ1) is 9.01. The second-order valence-electron chi connectivity index (χ2n) is 4.49. The second kappa shape index (κ2) is 5.20. The highest BCUT2D eigenvalue weighted by molar-refractivity contribution is 5.79. The van der Waals surface area contributed by atoms with E-state index in [0.717, 1.165) is 0 Å². The van der Waals surface area contributed by atoms with Gasteiger partial charge in [-0.25, -0.2) is 0 Å². The average Bonchev–Trinajstić information content (AvgIpc) is 2.31. The maximum absolute atomic E-state index is 12.5. The van der Waals surface area contributed by atoms with Crippen LogP contribution in [0.25, 0.3) is 0 Å². The van der Waals surface area contributed by atoms with Gasteiger partial charge in [-0.1, -0.05) is 6.92 Å². The normalized spacial score (nSPS) is 14.8. The molecule has 112 valence electrons. The number of hydrogen-bond donors (Lipinski definition) is 4. The lowest BCUT2D eigenvalue weighted by Crippen LogP contribution is -2.49. The molecular weight excluding hydrogens is 279 g/mol. The number of hydrogen-bond acceptors (Lipinski definition) is 4. The van der Waals surface area contributed by atoms with Crippen LogP contribution in [0.4, 0.5) is 13.2 Å². The Kier molecular flexibility index (Phi) is 4.18. The Balaban J connectivity index is 3.23. The Morgan fingerprint density at radius 1 is 1.25 bits per heavy atom. The van der Waals surface area contributed by atoms with Crippen LogP contribution < -0.4 is 5.73 Å². The van der Waals surface area contributed by atoms with E-state index in [1.807, 2.05) is 0 Å². The highest BCUT2D eigenvalue weighted by Gasteiger charge is 2.37. The number of benzene rings is 1. The highest BCUT2D eigenvalue weighted by Crippen LogP contribution is 2.39. The molecule has 1 aromatic carbocycles. The monoisotopic (exact) mass is 293 g/mol. The zero-order chi connectivity index (χ0) is 15.7. The van der Waals surface area contributed by atoms with Crippen molar-refractivity contribution in [1.29, 1.82) is 0 Å². The Hall–Kier alpha value is -1.96. The molecule has 1 atom stereocenters. The SMILES string of the molecule is CC[C@](N)(Cc1cc(O)c(C(F)(F)F)cc1O)C(=O)O. The van der Waals surface area contributed by atoms with Crippen molar-refractivity contribution in [2.75, 3.05) is 0 Å². The highest BCUT2D eigenvalue weighted by atomic mass is 19.4. The number of phenols is 2. The van der Waals surface area contributed by atoms with Gasteiger partial charge in [-0.3, -0.25) is 4.79 Å². The minimum atomic E-state index is -4.82. The van der Waals surface area contributed by atoms with E-state index in [9.17, 15) is 28.2 Å². The molecule has 0 aromatic heterocycles. The third-order valence-electron chi connectivity index (χ3n) is 3.07. The van der Waals surface area contributed by atoms with Crippen LogP contribution in [0, 0.1) is 0 Å². The maximum Gasteiger partial charge on any atom is 0.420 e. The number of carbonyl (C=O) groups is 1. The van der Waals surface area contributed by atoms with Gasteiger partial charge >= 0.3 is 12.1 Å². The Labute approximate surface area is 112 Å². The molecule has 1 rings (SSSR count). The van der Waals surface area contributed by atoms with E-state index in [-0.39, 0.29) is 12.0 Å². The fourth-order valence-corrected chi connectivity index (χ4v) is 1.68. The number of nitrogens with two attached hydrogens (primary N) is 1. The summed E-state index contributed by atoms with van der Waals surface area (Å²) in [4.78, 5) is 11.0. The lowest BCUT2D eigenvalue weighted by molar-refractivity contribution is -0.143. The predicted molar refractivity (Wildman–Crippen MR) is 63.3 cm³/mol. The van der Waals surface area contributed by atoms with E-state index >= 15 is 0 Å². The summed E-state index contributed by atoms with van der Waals surface area (Å²) in [7, 11) is 0. The van der Waals surface area contributed by atoms with Crippen molar-refractivity contribution in [2.24, 2.45) is 5.73 Å². The fraction of sp³-hybridized carbons (Fsp3) is 0.417. The summed E-state index contributed by atoms with van der Waals surface area (Å²) in [5.74, 6) is -3.20. The van der Waals surface area contributed by atoms with Crippen molar-refractivity contribution in [2.45, 2.75) is 31.5 Å². The number of phenolic OH excluding ortho intramolecular Hbond substituents is 2. The third kappa shape index (κ3) is 3.13. The van der Waals surface area contributed by atoms with Gasteiger partial charge in [0.25, 0.3) is 0 Å². The minimum absolute atomic E-state index is 0.00353. The quantitative estimate of drug-likeness (QED) is 0.634. The molecule has 0 aliphatic carbocycles. The molecule has 0 spiro atoms. The van der Waals surface area contributed by atoms with Gasteiger partial charge in [0.15, 0.2) is 0 Å². The molecular formula is C12H14F3NO4. The number of halogens is 3. The summed E-state index contributed by atoms with van der Waals surface area (Å²) in [6.07, 6.45) is -5.22. The van der Waals surface area contributed by atoms with Gasteiger partial charge in [0.1, 0.15) is 22.6 Å². The molecule has 0 saturated heterocycles. The van der Waals surface area contributed by atoms with Crippen molar-refractivity contribution in [3.63, 3.8) is 0 Å². The standard InChI is InChI=1S/C12H14F3NO4/c1-2-11(16,10(19)20)5-6-3-9(18)7(4-8(6)17)12(13,14)15/h3-4,17-18H,2,5,16H2,1H3,(H,19,20)/t11-/m0/s1. The number of carboxylic acids is 1. The smallest absolute Gasteiger partial charge is 0.420 e. The first-order valence-corrected chi connectivity index (χ1v) is 5.65. The molecule has 0 aliphatic heterocycles. The summed E-state index contributed by atoms with van der Waals surface area (Å²) in [6.45, 7) is 1.50. The lowest BCUT2D eigenvalue weighted by Gasteiger charge is -2.24. The maximum atomic E-state index is 12.5. The van der Waals surface area contributed by atoms with Crippen molar-refractivity contribution in [3.05, 3.63) is 23.3 Å². The molecule has 1 aromatic rings. The lowest BCUT2D eigenvalue weighted by atomic mass is 9.88. The van der Waals surface area contributed by atoms with Crippen LogP contribution >= 0.6 is 0 Å². The molecule has 0 radical (unpaired) electrons. The van der Waals surface area contributed by atoms with Crippen LogP contribution in [0.3, 0.4) is 0 Å². The van der Waals surface area contributed by atoms with Crippen LogP contribution in [0.15, 0.2) is 12.1 Å². The molecule has 5 nitrogen and oxygen atoms in total. The van der Waals surface area contributed by atoms with Gasteiger partial charge in [-0.15, -0.1) is 0 Å². The van der Waals surface area contributed by atoms with Crippen molar-refractivity contribution < 1.29 is 33.3 Å². The van der Waals surface area contributed by atoms with Gasteiger partial charge in [0.2, 0.25) is 0 Å². The molecule has 0 heterocycles. The number of rotatable bonds is 4. The Morgan fingerprint density at radius 3 is 2.20 bits per heavy atom. The number of carboxylic acid groups (broad SMARTS) is 1. The summed E-state index contributed by atoms with van der Waals surface area (Å²) in [5, 5.41) is 27.9. The van der Waals surface area contributed by atoms with E-state index in [1.165, 1.54) is 6.92 Å². The van der Waals surface area contributed by atoms with Crippen LogP contribution in [0.2, 0.25) is 0 Å². The molecule has 5 N–H and O–H groups in total. The predicted octanol–water partition coefficient (Wildman–Crippen LogP) is 1.85. The van der Waals surface area contributed by atoms with Crippen molar-refractivity contribution >= 4 is 5.97 Å². The van der Waals surface area contributed by atoms with Gasteiger partial charge in [0, 0.05) is 6.42 Å². The largest absolute Gasteiger partial charge is 0.508 e. The first kappa shape index (κ1) is 16.1. The summed E-state index contributed by atoms with van der Waals surface area (Å²) >= 11 is 0. The van der Waals surface area contributed by atoms with Gasteiger partial charge < -0.3 is 21.1 Å². The Morgan fingerprint density at radius 2 is 1.80 bits per heavy atom. The molecule has 0 saturated carbocycles. The summed E-state index contributed by atoms with van der Waals surface area (Å²) in [5.41, 5.74) is 2.31. The average molecular weight is 293 g/mol. The van der Waals surface area contributed by atoms with Gasteiger partial charge in [-0.05, 0) is 24.1 Å². The van der Waals surface area contributed by atoms with Crippen LogP contribution in [-0.2, 0) is 17.4 Å². The molecule has 0 unspecified atom stereocenters. The van der Waals surface area contributed by atoms with E-state index in [0.29, 0.717) is 12.1 Å². The minimum Gasteiger partial charge on any atom is -0.508 e. The van der Waals surface area contributed by atoms with Gasteiger partial charge in [0.05, 0.1) is 0 Å². The number of aromatic hydroxyl groups is 2. The van der Waals surface area contributed by atoms with Crippen molar-refractivity contribution in [3.8, 4) is 11.5 Å². The summed E-state index contributed by atoms with van der Waals surface area (Å²) in [6, 6.07) is 1.03. The first-order valence-electron chi connectivity index (χ1n) is 5.65. The Bertz CT molecular complexity index is 530. The van der Waals surface area contributed by atoms with Gasteiger partial charge in [-0.2, -0.15) is 13.2 Å². The third-order valence-corrected chi connectivity index (χ3v) is 3.07. The molecule has 0 aliphatic rings. The summed E-state index contributed by atoms with van der Waals surface area (Å²) < 4.78 is 37.5. The molecule has 8 heteroatoms. The molecule has 20 heavy (non-hydrogen) atoms. The second-order valence-corrected chi connectivity index (χ2v) is 4.49. The van der Waals surface area contributed by atoms with E-state index in [1.54, 1.807) is 0 Å².